The molecule has 0 saturated carbocycles. The van der Waals surface area contributed by atoms with Gasteiger partial charge in [-0.2, -0.15) is 0 Å². The molecule has 0 saturated heterocycles. The summed E-state index contributed by atoms with van der Waals surface area (Å²) >= 11 is 0. The molecule has 0 aliphatic carbocycles. The number of carboxylic acid groups (broad SMARTS) is 1. The van der Waals surface area contributed by atoms with Gasteiger partial charge in [0.25, 0.3) is 0 Å². The van der Waals surface area contributed by atoms with Crippen LogP contribution in [0.5, 0.6) is 5.75 Å². The molecule has 1 atom stereocenters. The third kappa shape index (κ3) is 4.57. The van der Waals surface area contributed by atoms with E-state index in [9.17, 15) is 9.59 Å². The average Bonchev–Trinajstić information content (AvgIpc) is 2.35. The summed E-state index contributed by atoms with van der Waals surface area (Å²) in [4.78, 5) is 23.1. The Morgan fingerprint density at radius 2 is 1.80 bits per heavy atom. The van der Waals surface area contributed by atoms with E-state index in [0.717, 1.165) is 5.56 Å². The molecule has 1 aromatic carbocycles. The first kappa shape index (κ1) is 16.0. The number of carboxylic acids is 1. The maximum atomic E-state index is 11.9. The number of carbonyl (C=O) groups is 2. The highest BCUT2D eigenvalue weighted by atomic mass is 16.5. The van der Waals surface area contributed by atoms with Crippen molar-refractivity contribution >= 4 is 11.9 Å². The van der Waals surface area contributed by atoms with Crippen molar-refractivity contribution < 1.29 is 19.4 Å². The minimum absolute atomic E-state index is 0.143. The van der Waals surface area contributed by atoms with Gasteiger partial charge in [0.1, 0.15) is 11.8 Å². The second-order valence-corrected chi connectivity index (χ2v) is 5.73. The Morgan fingerprint density at radius 3 is 2.20 bits per heavy atom. The molecule has 0 aromatic heterocycles. The Bertz CT molecular complexity index is 474. The van der Waals surface area contributed by atoms with Gasteiger partial charge in [0.2, 0.25) is 5.91 Å². The van der Waals surface area contributed by atoms with Gasteiger partial charge in [-0.15, -0.1) is 0 Å². The van der Waals surface area contributed by atoms with Crippen molar-refractivity contribution in [1.82, 2.24) is 5.32 Å². The molecule has 5 nitrogen and oxygen atoms in total. The lowest BCUT2D eigenvalue weighted by Gasteiger charge is -2.27. The van der Waals surface area contributed by atoms with Gasteiger partial charge in [-0.1, -0.05) is 32.9 Å². The second-order valence-electron chi connectivity index (χ2n) is 5.73. The summed E-state index contributed by atoms with van der Waals surface area (Å²) in [5.74, 6) is -0.620. The highest BCUT2D eigenvalue weighted by Crippen LogP contribution is 2.19. The molecule has 1 rings (SSSR count). The molecule has 0 bridgehead atoms. The van der Waals surface area contributed by atoms with Crippen LogP contribution in [0.1, 0.15) is 26.3 Å². The number of nitrogens with one attached hydrogen (secondary N) is 1. The Kier molecular flexibility index (Phi) is 5.13. The summed E-state index contributed by atoms with van der Waals surface area (Å²) in [6.45, 7) is 5.33. The average molecular weight is 279 g/mol. The van der Waals surface area contributed by atoms with Crippen molar-refractivity contribution in [2.45, 2.75) is 33.2 Å². The van der Waals surface area contributed by atoms with Crippen molar-refractivity contribution in [2.24, 2.45) is 5.41 Å². The van der Waals surface area contributed by atoms with Gasteiger partial charge in [-0.05, 0) is 23.1 Å². The van der Waals surface area contributed by atoms with Crippen LogP contribution in [0.4, 0.5) is 0 Å². The van der Waals surface area contributed by atoms with Gasteiger partial charge in [0.05, 0.1) is 13.5 Å². The standard InChI is InChI=1S/C15H21NO4/c1-15(2,3)13(14(18)19)16-12(17)9-10-5-7-11(20-4)8-6-10/h5-8,13H,9H2,1-4H3,(H,16,17)(H,18,19)/t13-/m1/s1. The van der Waals surface area contributed by atoms with Crippen LogP contribution in [0.15, 0.2) is 24.3 Å². The fourth-order valence-corrected chi connectivity index (χ4v) is 1.79. The molecule has 0 aliphatic rings. The Balaban J connectivity index is 2.68. The van der Waals surface area contributed by atoms with E-state index in [0.29, 0.717) is 5.75 Å². The Morgan fingerprint density at radius 1 is 1.25 bits per heavy atom. The van der Waals surface area contributed by atoms with Crippen molar-refractivity contribution in [2.75, 3.05) is 7.11 Å². The molecule has 1 amide bonds. The van der Waals surface area contributed by atoms with E-state index in [1.54, 1.807) is 52.1 Å². The molecule has 5 heteroatoms. The number of carbonyl (C=O) groups excluding carboxylic acids is 1. The molecule has 2 N–H and O–H groups in total. The second kappa shape index (κ2) is 6.41. The zero-order valence-corrected chi connectivity index (χ0v) is 12.3. The van der Waals surface area contributed by atoms with E-state index < -0.39 is 17.4 Å². The summed E-state index contributed by atoms with van der Waals surface area (Å²) in [5, 5.41) is 11.7. The molecular formula is C15H21NO4. The largest absolute Gasteiger partial charge is 0.497 e. The third-order valence-corrected chi connectivity index (χ3v) is 2.94. The smallest absolute Gasteiger partial charge is 0.326 e. The van der Waals surface area contributed by atoms with Crippen LogP contribution < -0.4 is 10.1 Å². The van der Waals surface area contributed by atoms with Crippen LogP contribution in [-0.4, -0.2) is 30.1 Å². The fourth-order valence-electron chi connectivity index (χ4n) is 1.79. The lowest BCUT2D eigenvalue weighted by Crippen LogP contribution is -2.49. The van der Waals surface area contributed by atoms with E-state index in [-0.39, 0.29) is 12.3 Å². The van der Waals surface area contributed by atoms with Gasteiger partial charge >= 0.3 is 5.97 Å². The zero-order valence-electron chi connectivity index (χ0n) is 12.3. The van der Waals surface area contributed by atoms with Crippen LogP contribution >= 0.6 is 0 Å². The number of hydrogen-bond acceptors (Lipinski definition) is 3. The lowest BCUT2D eigenvalue weighted by atomic mass is 9.86. The number of hydrogen-bond donors (Lipinski definition) is 2. The summed E-state index contributed by atoms with van der Waals surface area (Å²) in [6.07, 6.45) is 0.143. The summed E-state index contributed by atoms with van der Waals surface area (Å²) in [7, 11) is 1.57. The molecule has 0 aliphatic heterocycles. The molecule has 0 spiro atoms. The van der Waals surface area contributed by atoms with Crippen molar-refractivity contribution in [3.05, 3.63) is 29.8 Å². The van der Waals surface area contributed by atoms with Gasteiger partial charge in [-0.25, -0.2) is 4.79 Å². The van der Waals surface area contributed by atoms with Gasteiger partial charge in [0, 0.05) is 0 Å². The van der Waals surface area contributed by atoms with Crippen molar-refractivity contribution in [1.29, 1.82) is 0 Å². The number of aliphatic carboxylic acids is 1. The van der Waals surface area contributed by atoms with Gasteiger partial charge < -0.3 is 15.2 Å². The molecule has 0 unspecified atom stereocenters. The Hall–Kier alpha value is -2.04. The number of amides is 1. The number of methoxy groups -OCH3 is 1. The Labute approximate surface area is 118 Å². The van der Waals surface area contributed by atoms with E-state index in [1.807, 2.05) is 0 Å². The van der Waals surface area contributed by atoms with Crippen LogP contribution in [-0.2, 0) is 16.0 Å². The molecule has 1 aromatic rings. The lowest BCUT2D eigenvalue weighted by molar-refractivity contribution is -0.144. The summed E-state index contributed by atoms with van der Waals surface area (Å²) in [5.41, 5.74) is 0.267. The van der Waals surface area contributed by atoms with E-state index in [1.165, 1.54) is 0 Å². The fraction of sp³-hybridized carbons (Fsp3) is 0.467. The minimum Gasteiger partial charge on any atom is -0.497 e. The summed E-state index contributed by atoms with van der Waals surface area (Å²) in [6, 6.07) is 6.19. The molecule has 0 fully saturated rings. The van der Waals surface area contributed by atoms with Crippen LogP contribution in [0.25, 0.3) is 0 Å². The predicted octanol–water partition coefficient (Wildman–Crippen LogP) is 1.85. The number of benzene rings is 1. The molecular weight excluding hydrogens is 258 g/mol. The minimum atomic E-state index is -1.03. The maximum Gasteiger partial charge on any atom is 0.326 e. The maximum absolute atomic E-state index is 11.9. The third-order valence-electron chi connectivity index (χ3n) is 2.94. The SMILES string of the molecule is COc1ccc(CC(=O)N[C@H](C(=O)O)C(C)(C)C)cc1. The van der Waals surface area contributed by atoms with Gasteiger partial charge in [0.15, 0.2) is 0 Å². The van der Waals surface area contributed by atoms with Crippen molar-refractivity contribution in [3.8, 4) is 5.75 Å². The number of rotatable bonds is 5. The van der Waals surface area contributed by atoms with Gasteiger partial charge in [-0.3, -0.25) is 4.79 Å². The van der Waals surface area contributed by atoms with E-state index in [2.05, 4.69) is 5.32 Å². The first-order chi connectivity index (χ1) is 9.24. The highest BCUT2D eigenvalue weighted by Gasteiger charge is 2.32. The first-order valence-electron chi connectivity index (χ1n) is 6.39. The molecule has 110 valence electrons. The predicted molar refractivity (Wildman–Crippen MR) is 75.7 cm³/mol. The zero-order chi connectivity index (χ0) is 15.3. The monoisotopic (exact) mass is 279 g/mol. The van der Waals surface area contributed by atoms with Crippen LogP contribution in [0.3, 0.4) is 0 Å². The molecule has 0 heterocycles. The highest BCUT2D eigenvalue weighted by molar-refractivity contribution is 5.85. The molecule has 20 heavy (non-hydrogen) atoms. The normalized spacial score (nSPS) is 12.6. The number of ether oxygens (including phenoxy) is 1. The van der Waals surface area contributed by atoms with Crippen molar-refractivity contribution in [3.63, 3.8) is 0 Å². The first-order valence-corrected chi connectivity index (χ1v) is 6.39. The van der Waals surface area contributed by atoms with Crippen LogP contribution in [0.2, 0.25) is 0 Å². The molecule has 0 radical (unpaired) electrons. The quantitative estimate of drug-likeness (QED) is 0.862. The summed E-state index contributed by atoms with van der Waals surface area (Å²) < 4.78 is 5.04. The topological polar surface area (TPSA) is 75.6 Å². The van der Waals surface area contributed by atoms with E-state index in [4.69, 9.17) is 9.84 Å². The van der Waals surface area contributed by atoms with E-state index >= 15 is 0 Å². The van der Waals surface area contributed by atoms with Crippen LogP contribution in [0, 0.1) is 5.41 Å².